The average Bonchev–Trinajstić information content (AvgIpc) is 1.66. The quantitative estimate of drug-likeness (QED) is 0.0117. The van der Waals surface area contributed by atoms with Crippen LogP contribution in [0.1, 0.15) is 270 Å². The molecule has 0 saturated heterocycles. The molecule has 0 radical (unpaired) electrons. The highest BCUT2D eigenvalue weighted by molar-refractivity contribution is 7.93. The number of H-pyrrole nitrogens is 3. The first kappa shape index (κ1) is 102. The first-order chi connectivity index (χ1) is 64.2. The van der Waals surface area contributed by atoms with E-state index in [0.29, 0.717) is 79.3 Å². The van der Waals surface area contributed by atoms with Crippen LogP contribution in [-0.4, -0.2) is 134 Å². The van der Waals surface area contributed by atoms with Crippen molar-refractivity contribution in [1.82, 2.24) is 64.8 Å². The maximum absolute atomic E-state index is 14.5. The summed E-state index contributed by atoms with van der Waals surface area (Å²) in [6, 6.07) is 38.0. The van der Waals surface area contributed by atoms with Gasteiger partial charge in [0, 0.05) is 82.0 Å². The van der Waals surface area contributed by atoms with Crippen molar-refractivity contribution in [3.8, 4) is 67.2 Å². The number of aryl methyl sites for hydroxylation is 6. The molecule has 0 fully saturated rings. The number of aromatic nitrogens is 12. The van der Waals surface area contributed by atoms with E-state index in [4.69, 9.17) is 38.5 Å². The lowest BCUT2D eigenvalue weighted by molar-refractivity contribution is -0.384. The number of hydrogen-bond acceptors (Lipinski definition) is 20. The number of anilines is 2. The normalized spacial score (nSPS) is 11.8. The van der Waals surface area contributed by atoms with Gasteiger partial charge in [-0.05, 0) is 169 Å². The lowest BCUT2D eigenvalue weighted by Crippen LogP contribution is -2.39. The number of nitrogens with zero attached hydrogens (tertiary/aromatic N) is 10. The van der Waals surface area contributed by atoms with Crippen LogP contribution in [0.5, 0.6) is 33.8 Å². The highest BCUT2D eigenvalue weighted by atomic mass is 32.2. The Hall–Kier alpha value is -11.8. The van der Waals surface area contributed by atoms with Crippen LogP contribution >= 0.6 is 11.3 Å². The number of fused-ring (bicyclic) bond motifs is 3. The highest BCUT2D eigenvalue weighted by Gasteiger charge is 2.29. The number of methoxy groups -OCH3 is 3. The molecule has 29 nitrogen and oxygen atoms in total. The summed E-state index contributed by atoms with van der Waals surface area (Å²) in [6.45, 7) is 24.0. The van der Waals surface area contributed by atoms with Gasteiger partial charge in [0.25, 0.3) is 31.6 Å². The van der Waals surface area contributed by atoms with Crippen LogP contribution in [-0.2, 0) is 37.7 Å². The van der Waals surface area contributed by atoms with E-state index in [-0.39, 0.29) is 44.3 Å². The Morgan fingerprint density at radius 3 is 1.53 bits per heavy atom. The summed E-state index contributed by atoms with van der Waals surface area (Å²) in [7, 11) is -3.71. The van der Waals surface area contributed by atoms with Crippen LogP contribution in [0, 0.1) is 51.7 Å². The Bertz CT molecular complexity index is 6120. The van der Waals surface area contributed by atoms with Crippen molar-refractivity contribution in [2.24, 2.45) is 0 Å². The maximum atomic E-state index is 14.5. The molecule has 0 aliphatic carbocycles. The summed E-state index contributed by atoms with van der Waals surface area (Å²) in [5.74, 6) is 4.47. The number of hydrogen-bond donors (Lipinski definition) is 6. The lowest BCUT2D eigenvalue weighted by atomic mass is 10.0. The predicted octanol–water partition coefficient (Wildman–Crippen LogP) is 23.8. The van der Waals surface area contributed by atoms with Crippen LogP contribution in [0.25, 0.3) is 50.3 Å². The van der Waals surface area contributed by atoms with Crippen molar-refractivity contribution < 1.29 is 55.0 Å². The highest BCUT2D eigenvalue weighted by Crippen LogP contribution is 2.39. The van der Waals surface area contributed by atoms with Crippen molar-refractivity contribution in [1.29, 1.82) is 0 Å². The van der Waals surface area contributed by atoms with E-state index in [1.165, 1.54) is 150 Å². The van der Waals surface area contributed by atoms with E-state index < -0.39 is 31.1 Å². The zero-order chi connectivity index (χ0) is 95.0. The molecule has 716 valence electrons. The zero-order valence-electron chi connectivity index (χ0n) is 80.0. The van der Waals surface area contributed by atoms with Gasteiger partial charge in [0.05, 0.1) is 55.7 Å². The number of benzene rings is 6. The number of sulfonamides is 2. The molecule has 133 heavy (non-hydrogen) atoms. The number of amides is 1. The molecule has 1 unspecified atom stereocenters. The molecule has 0 spiro atoms. The summed E-state index contributed by atoms with van der Waals surface area (Å²) in [6.07, 6.45) is 32.0. The SMILES string of the molecule is CCCCCCC(Oc1ccc(C)cc1C)C(=O)NCCc1nc2c(C)c(C(C)C)[nH]n2n1.CCCCCCCCCCCCCCCCCCOc1ccc(NS(=O)(=O)c2cc(C)ccc2OCCCCCCCC)cc1S(=O)(=O)Nc1cccc(-c2nc3c(C)c(Cc4c(OC)cccc4OC)[nH]n3n2)c1.COc1ccc(-c2[nH]n3nc(-c4ccc([N+](=O)[O-])cc4)nc3c2C)s1. The minimum absolute atomic E-state index is 0.0238. The number of thiophene rings is 1. The Balaban J connectivity index is 0.000000237. The molecule has 1 amide bonds. The topological polar surface area (TPSA) is 358 Å². The number of non-ortho nitro benzene ring substituents is 1. The fourth-order valence-electron chi connectivity index (χ4n) is 16.2. The van der Waals surface area contributed by atoms with Crippen molar-refractivity contribution in [3.63, 3.8) is 0 Å². The molecule has 32 heteroatoms. The summed E-state index contributed by atoms with van der Waals surface area (Å²) in [4.78, 5) is 38.2. The van der Waals surface area contributed by atoms with E-state index in [1.54, 1.807) is 83.8 Å². The Morgan fingerprint density at radius 2 is 1.00 bits per heavy atom. The van der Waals surface area contributed by atoms with Gasteiger partial charge >= 0.3 is 0 Å². The molecular weight excluding hydrogens is 1740 g/mol. The first-order valence-electron chi connectivity index (χ1n) is 47.3. The third-order valence-corrected chi connectivity index (χ3v) is 27.6. The van der Waals surface area contributed by atoms with Crippen molar-refractivity contribution >= 4 is 71.3 Å². The minimum Gasteiger partial charge on any atom is -0.496 e. The Kier molecular flexibility index (Phi) is 38.5. The zero-order valence-corrected chi connectivity index (χ0v) is 82.4. The number of carbonyl (C=O) groups excluding carboxylic acids is 1. The molecular formula is C101H136N16O13S3. The largest absolute Gasteiger partial charge is 0.496 e. The van der Waals surface area contributed by atoms with Crippen LogP contribution in [0.2, 0.25) is 0 Å². The van der Waals surface area contributed by atoms with Crippen LogP contribution < -0.4 is 43.2 Å². The minimum atomic E-state index is -4.37. The van der Waals surface area contributed by atoms with E-state index in [9.17, 15) is 31.7 Å². The van der Waals surface area contributed by atoms with Gasteiger partial charge in [0.2, 0.25) is 0 Å². The second kappa shape index (κ2) is 50.4. The van der Waals surface area contributed by atoms with E-state index in [0.717, 1.165) is 153 Å². The van der Waals surface area contributed by atoms with E-state index in [2.05, 4.69) is 105 Å². The van der Waals surface area contributed by atoms with Crippen LogP contribution in [0.3, 0.4) is 0 Å². The van der Waals surface area contributed by atoms with Gasteiger partial charge in [0.15, 0.2) is 45.6 Å². The average molecular weight is 1880 g/mol. The Morgan fingerprint density at radius 1 is 0.496 bits per heavy atom. The molecule has 0 aliphatic heterocycles. The third-order valence-electron chi connectivity index (χ3n) is 23.7. The molecule has 6 N–H and O–H groups in total. The maximum Gasteiger partial charge on any atom is 0.269 e. The number of carbonyl (C=O) groups is 1. The number of unbranched alkanes of at least 4 members (excludes halogenated alkanes) is 23. The van der Waals surface area contributed by atoms with E-state index >= 15 is 0 Å². The molecule has 7 aromatic heterocycles. The van der Waals surface area contributed by atoms with E-state index in [1.807, 2.05) is 76.2 Å². The van der Waals surface area contributed by atoms with Gasteiger partial charge in [0.1, 0.15) is 38.5 Å². The Labute approximate surface area is 787 Å². The van der Waals surface area contributed by atoms with Gasteiger partial charge < -0.3 is 33.7 Å². The smallest absolute Gasteiger partial charge is 0.269 e. The predicted molar refractivity (Wildman–Crippen MR) is 529 cm³/mol. The number of nitro groups is 1. The van der Waals surface area contributed by atoms with Gasteiger partial charge in [-0.1, -0.05) is 236 Å². The number of rotatable bonds is 53. The second-order valence-electron chi connectivity index (χ2n) is 34.6. The van der Waals surface area contributed by atoms with Crippen LogP contribution in [0.15, 0.2) is 143 Å². The summed E-state index contributed by atoms with van der Waals surface area (Å²) < 4.78 is 103. The van der Waals surface area contributed by atoms with Crippen molar-refractivity contribution in [2.45, 2.75) is 284 Å². The third kappa shape index (κ3) is 28.6. The molecule has 0 saturated carbocycles. The molecule has 1 atom stereocenters. The van der Waals surface area contributed by atoms with Crippen molar-refractivity contribution in [3.05, 3.63) is 200 Å². The summed E-state index contributed by atoms with van der Waals surface area (Å²) >= 11 is 1.54. The molecule has 7 heterocycles. The first-order valence-corrected chi connectivity index (χ1v) is 51.1. The fraction of sp³-hybridized carbons (Fsp3) is 0.475. The second-order valence-corrected chi connectivity index (χ2v) is 39.0. The molecule has 0 bridgehead atoms. The summed E-state index contributed by atoms with van der Waals surface area (Å²) in [5.41, 5.74) is 13.7. The van der Waals surface area contributed by atoms with Gasteiger partial charge in [-0.2, -0.15) is 13.9 Å². The lowest BCUT2D eigenvalue weighted by Gasteiger charge is -2.20. The van der Waals surface area contributed by atoms with Crippen molar-refractivity contribution in [2.75, 3.05) is 50.5 Å². The molecule has 6 aromatic carbocycles. The number of aromatic amines is 3. The number of nitro benzene ring substituents is 1. The van der Waals surface area contributed by atoms with Gasteiger partial charge in [-0.15, -0.1) is 15.3 Å². The standard InChI is InChI=1S/C59H84N6O8S2.C26H39N5O2.C16H13N5O3S/c1-7-9-11-13-15-16-17-18-19-20-21-22-23-24-26-28-40-73-55-38-36-49(64-74(66,67)56-41-45(3)35-37-54(56)72-39-27-25-14-12-10-8-2)43-57(55)75(68,69)63-48-32-29-31-47(42-48)58-60-59-46(4)51(61-65(59)62-58)44-50-52(70-5)33-30-34-53(50)71-6;1-7-8-9-10-11-22(33-21-13-12-18(4)16-19(21)5)26(32)27-15-14-23-28-25-20(6)24(17(2)3)30-31(25)29-23;1-9-14(12-7-8-13(24-2)25-12)18-20-16(9)17-15(19-20)10-3-5-11(6-4-10)21(22)23/h29-38,41-43,61,63-64H,7-28,39-40,44H2,1-6H3;12-13,16-17,22,30H,7-11,14-15H2,1-6H3,(H,27,32);3-8,18H,1-2H3. The monoisotopic (exact) mass is 1880 g/mol. The summed E-state index contributed by atoms with van der Waals surface area (Å²) in [5, 5.41) is 38.2. The fourth-order valence-corrected chi connectivity index (χ4v) is 19.6. The number of nitrogens with one attached hydrogen (secondary N) is 6. The van der Waals surface area contributed by atoms with Gasteiger partial charge in [-0.3, -0.25) is 39.6 Å². The van der Waals surface area contributed by atoms with Gasteiger partial charge in [-0.25, -0.2) is 31.8 Å². The molecule has 0 aliphatic rings. The van der Waals surface area contributed by atoms with Crippen LogP contribution in [0.4, 0.5) is 17.1 Å². The number of ether oxygens (including phenoxy) is 6. The molecule has 13 rings (SSSR count). The molecule has 13 aromatic rings.